The highest BCUT2D eigenvalue weighted by Gasteiger charge is 2.18. The Kier molecular flexibility index (Phi) is 3.94. The zero-order chi connectivity index (χ0) is 13.1. The van der Waals surface area contributed by atoms with E-state index in [4.69, 9.17) is 11.6 Å². The summed E-state index contributed by atoms with van der Waals surface area (Å²) >= 11 is 5.54. The summed E-state index contributed by atoms with van der Waals surface area (Å²) in [6, 6.07) is 11.0. The van der Waals surface area contributed by atoms with E-state index in [1.165, 1.54) is 0 Å². The monoisotopic (exact) mass is 267 g/mol. The molecule has 1 N–H and O–H groups in total. The average molecular weight is 268 g/mol. The molecule has 0 aromatic heterocycles. The molecule has 0 radical (unpaired) electrons. The van der Waals surface area contributed by atoms with Gasteiger partial charge in [-0.3, -0.25) is 0 Å². The lowest BCUT2D eigenvalue weighted by atomic mass is 9.98. The van der Waals surface area contributed by atoms with E-state index in [2.05, 4.69) is 5.32 Å². The fourth-order valence-corrected chi connectivity index (χ4v) is 2.06. The maximum absolute atomic E-state index is 13.9. The number of benzene rings is 2. The highest BCUT2D eigenvalue weighted by atomic mass is 35.5. The van der Waals surface area contributed by atoms with Gasteiger partial charge in [0.15, 0.2) is 0 Å². The Morgan fingerprint density at radius 1 is 1.06 bits per heavy atom. The van der Waals surface area contributed by atoms with Crippen LogP contribution in [0.25, 0.3) is 0 Å². The van der Waals surface area contributed by atoms with Gasteiger partial charge in [0.05, 0.1) is 11.1 Å². The number of nitrogens with one attached hydrogen (secondary N) is 1. The fraction of sp³-hybridized carbons (Fsp3) is 0.143. The van der Waals surface area contributed by atoms with Crippen molar-refractivity contribution in [1.29, 1.82) is 0 Å². The lowest BCUT2D eigenvalue weighted by molar-refractivity contribution is 0.558. The molecule has 2 rings (SSSR count). The van der Waals surface area contributed by atoms with Crippen molar-refractivity contribution in [1.82, 2.24) is 5.32 Å². The summed E-state index contributed by atoms with van der Waals surface area (Å²) in [5, 5.41) is 2.76. The van der Waals surface area contributed by atoms with Crippen LogP contribution < -0.4 is 5.32 Å². The molecule has 18 heavy (non-hydrogen) atoms. The van der Waals surface area contributed by atoms with Crippen molar-refractivity contribution in [2.45, 2.75) is 6.04 Å². The molecule has 1 atom stereocenters. The van der Waals surface area contributed by atoms with Gasteiger partial charge in [-0.25, -0.2) is 8.78 Å². The van der Waals surface area contributed by atoms with Crippen molar-refractivity contribution >= 4 is 11.6 Å². The summed E-state index contributed by atoms with van der Waals surface area (Å²) in [6.45, 7) is 0. The summed E-state index contributed by atoms with van der Waals surface area (Å²) in [7, 11) is 1.70. The summed E-state index contributed by atoms with van der Waals surface area (Å²) in [5.41, 5.74) is 1.10. The van der Waals surface area contributed by atoms with E-state index in [-0.39, 0.29) is 10.6 Å². The van der Waals surface area contributed by atoms with Gasteiger partial charge < -0.3 is 5.32 Å². The van der Waals surface area contributed by atoms with Crippen molar-refractivity contribution in [3.63, 3.8) is 0 Å². The molecule has 0 amide bonds. The van der Waals surface area contributed by atoms with Crippen LogP contribution in [0.5, 0.6) is 0 Å². The van der Waals surface area contributed by atoms with Crippen LogP contribution in [0.2, 0.25) is 5.02 Å². The third-order valence-corrected chi connectivity index (χ3v) is 3.06. The lowest BCUT2D eigenvalue weighted by Crippen LogP contribution is -2.19. The van der Waals surface area contributed by atoms with E-state index in [0.717, 1.165) is 17.7 Å². The number of hydrogen-bond acceptors (Lipinski definition) is 1. The van der Waals surface area contributed by atoms with E-state index in [1.54, 1.807) is 7.05 Å². The topological polar surface area (TPSA) is 12.0 Å². The SMILES string of the molecule is CNC(c1ccccc1)c1cc(F)c(Cl)cc1F. The van der Waals surface area contributed by atoms with Crippen LogP contribution in [0.15, 0.2) is 42.5 Å². The van der Waals surface area contributed by atoms with Gasteiger partial charge >= 0.3 is 0 Å². The van der Waals surface area contributed by atoms with Crippen molar-refractivity contribution < 1.29 is 8.78 Å². The molecular weight excluding hydrogens is 256 g/mol. The van der Waals surface area contributed by atoms with E-state index < -0.39 is 17.7 Å². The number of hydrogen-bond donors (Lipinski definition) is 1. The quantitative estimate of drug-likeness (QED) is 0.831. The van der Waals surface area contributed by atoms with Crippen molar-refractivity contribution in [2.75, 3.05) is 7.05 Å². The Labute approximate surface area is 109 Å². The molecule has 0 saturated carbocycles. The van der Waals surface area contributed by atoms with Gasteiger partial charge in [0.1, 0.15) is 11.6 Å². The molecule has 2 aromatic rings. The minimum atomic E-state index is -0.621. The predicted molar refractivity (Wildman–Crippen MR) is 68.7 cm³/mol. The summed E-state index contributed by atoms with van der Waals surface area (Å²) < 4.78 is 27.3. The molecule has 94 valence electrons. The Balaban J connectivity index is 2.49. The minimum absolute atomic E-state index is 0.209. The molecule has 0 fully saturated rings. The second kappa shape index (κ2) is 5.46. The highest BCUT2D eigenvalue weighted by molar-refractivity contribution is 6.30. The second-order valence-electron chi connectivity index (χ2n) is 3.92. The van der Waals surface area contributed by atoms with Gasteiger partial charge in [-0.2, -0.15) is 0 Å². The fourth-order valence-electron chi connectivity index (χ4n) is 1.91. The van der Waals surface area contributed by atoms with E-state index >= 15 is 0 Å². The Bertz CT molecular complexity index is 543. The second-order valence-corrected chi connectivity index (χ2v) is 4.33. The maximum Gasteiger partial charge on any atom is 0.142 e. The molecule has 0 aliphatic carbocycles. The van der Waals surface area contributed by atoms with E-state index in [0.29, 0.717) is 0 Å². The van der Waals surface area contributed by atoms with Gasteiger partial charge in [0.25, 0.3) is 0 Å². The van der Waals surface area contributed by atoms with E-state index in [1.807, 2.05) is 30.3 Å². The Morgan fingerprint density at radius 3 is 2.33 bits per heavy atom. The van der Waals surface area contributed by atoms with Crippen LogP contribution >= 0.6 is 11.6 Å². The molecular formula is C14H12ClF2N. The van der Waals surface area contributed by atoms with E-state index in [9.17, 15) is 8.78 Å². The van der Waals surface area contributed by atoms with Crippen molar-refractivity contribution in [3.05, 3.63) is 70.2 Å². The van der Waals surface area contributed by atoms with Crippen LogP contribution in [0.3, 0.4) is 0 Å². The van der Waals surface area contributed by atoms with Crippen molar-refractivity contribution in [2.24, 2.45) is 0 Å². The van der Waals surface area contributed by atoms with Crippen LogP contribution in [-0.4, -0.2) is 7.05 Å². The van der Waals surface area contributed by atoms with Crippen LogP contribution in [0, 0.1) is 11.6 Å². The molecule has 1 unspecified atom stereocenters. The zero-order valence-electron chi connectivity index (χ0n) is 9.75. The van der Waals surface area contributed by atoms with Gasteiger partial charge in [0.2, 0.25) is 0 Å². The molecule has 2 aromatic carbocycles. The summed E-state index contributed by atoms with van der Waals surface area (Å²) in [4.78, 5) is 0. The third kappa shape index (κ3) is 2.52. The summed E-state index contributed by atoms with van der Waals surface area (Å²) in [6.07, 6.45) is 0. The van der Waals surface area contributed by atoms with Crippen LogP contribution in [-0.2, 0) is 0 Å². The third-order valence-electron chi connectivity index (χ3n) is 2.77. The molecule has 1 nitrogen and oxygen atoms in total. The highest BCUT2D eigenvalue weighted by Crippen LogP contribution is 2.27. The first kappa shape index (κ1) is 13.0. The van der Waals surface area contributed by atoms with Gasteiger partial charge in [-0.05, 0) is 24.7 Å². The van der Waals surface area contributed by atoms with Gasteiger partial charge in [-0.1, -0.05) is 41.9 Å². The summed E-state index contributed by atoms with van der Waals surface area (Å²) in [5.74, 6) is -1.14. The average Bonchev–Trinajstić information content (AvgIpc) is 2.38. The lowest BCUT2D eigenvalue weighted by Gasteiger charge is -2.18. The Hall–Kier alpha value is -1.45. The predicted octanol–water partition coefficient (Wildman–Crippen LogP) is 3.93. The molecule has 0 saturated heterocycles. The maximum atomic E-state index is 13.9. The van der Waals surface area contributed by atoms with Gasteiger partial charge in [0, 0.05) is 5.56 Å². The van der Waals surface area contributed by atoms with Gasteiger partial charge in [-0.15, -0.1) is 0 Å². The molecule has 4 heteroatoms. The number of halogens is 3. The first-order valence-electron chi connectivity index (χ1n) is 5.50. The molecule has 0 spiro atoms. The van der Waals surface area contributed by atoms with Crippen molar-refractivity contribution in [3.8, 4) is 0 Å². The largest absolute Gasteiger partial charge is 0.309 e. The van der Waals surface area contributed by atoms with Crippen LogP contribution in [0.4, 0.5) is 8.78 Å². The van der Waals surface area contributed by atoms with Crippen LogP contribution in [0.1, 0.15) is 17.2 Å². The molecule has 0 aliphatic heterocycles. The first-order valence-corrected chi connectivity index (χ1v) is 5.88. The smallest absolute Gasteiger partial charge is 0.142 e. The normalized spacial score (nSPS) is 12.4. The molecule has 0 bridgehead atoms. The number of rotatable bonds is 3. The zero-order valence-corrected chi connectivity index (χ0v) is 10.5. The molecule has 0 heterocycles. The standard InChI is InChI=1S/C14H12ClF2N/c1-18-14(9-5-3-2-4-6-9)10-7-13(17)11(15)8-12(10)16/h2-8,14,18H,1H3. The minimum Gasteiger partial charge on any atom is -0.309 e. The molecule has 0 aliphatic rings. The Morgan fingerprint density at radius 2 is 1.72 bits per heavy atom. The first-order chi connectivity index (χ1) is 8.63.